The number of fused-ring (bicyclic) bond motifs is 2. The predicted molar refractivity (Wildman–Crippen MR) is 132 cm³/mol. The molecule has 2 heterocycles. The first-order chi connectivity index (χ1) is 15.1. The number of rotatable bonds is 12. The van der Waals surface area contributed by atoms with Crippen LogP contribution < -0.4 is 3.58 Å². The van der Waals surface area contributed by atoms with E-state index in [2.05, 4.69) is 45.0 Å². The average Bonchev–Trinajstić information content (AvgIpc) is 3.19. The number of ether oxygens (including phenoxy) is 2. The van der Waals surface area contributed by atoms with E-state index in [1.807, 2.05) is 0 Å². The Morgan fingerprint density at radius 2 is 1.55 bits per heavy atom. The first kappa shape index (κ1) is 25.1. The van der Waals surface area contributed by atoms with Gasteiger partial charge in [0.15, 0.2) is 0 Å². The summed E-state index contributed by atoms with van der Waals surface area (Å²) in [4.78, 5) is 12.6. The van der Waals surface area contributed by atoms with Crippen LogP contribution in [0.3, 0.4) is 0 Å². The van der Waals surface area contributed by atoms with Crippen molar-refractivity contribution in [3.63, 3.8) is 0 Å². The van der Waals surface area contributed by atoms with Gasteiger partial charge in [0.1, 0.15) is 0 Å². The van der Waals surface area contributed by atoms with E-state index < -0.39 is 18.4 Å². The molecule has 3 nitrogen and oxygen atoms in total. The molecule has 174 valence electrons. The molecule has 2 fully saturated rings. The fourth-order valence-electron chi connectivity index (χ4n) is 6.09. The molecule has 4 atom stereocenters. The molecule has 0 saturated carbocycles. The van der Waals surface area contributed by atoms with Crippen LogP contribution in [0.1, 0.15) is 90.0 Å². The molecule has 1 aromatic carbocycles. The van der Waals surface area contributed by atoms with Crippen LogP contribution in [0, 0.1) is 5.92 Å². The third-order valence-electron chi connectivity index (χ3n) is 7.94. The minimum absolute atomic E-state index is 0.0350. The monoisotopic (exact) mass is 536 g/mol. The van der Waals surface area contributed by atoms with Crippen molar-refractivity contribution < 1.29 is 14.3 Å². The van der Waals surface area contributed by atoms with Crippen molar-refractivity contribution in [3.8, 4) is 0 Å². The van der Waals surface area contributed by atoms with Gasteiger partial charge in [-0.25, -0.2) is 0 Å². The third kappa shape index (κ3) is 5.88. The van der Waals surface area contributed by atoms with Gasteiger partial charge in [0, 0.05) is 0 Å². The summed E-state index contributed by atoms with van der Waals surface area (Å²) in [7, 11) is 1.52. The molecular weight excluding hydrogens is 491 g/mol. The van der Waals surface area contributed by atoms with Crippen LogP contribution >= 0.6 is 0 Å². The summed E-state index contributed by atoms with van der Waals surface area (Å²) in [6.07, 6.45) is 11.5. The molecular formula is C27H44O3Sn. The number of carbonyl (C=O) groups is 1. The van der Waals surface area contributed by atoms with Gasteiger partial charge in [0.25, 0.3) is 0 Å². The first-order valence-electron chi connectivity index (χ1n) is 12.9. The molecule has 0 spiro atoms. The average molecular weight is 535 g/mol. The Bertz CT molecular complexity index is 664. The van der Waals surface area contributed by atoms with Gasteiger partial charge in [-0.05, 0) is 0 Å². The van der Waals surface area contributed by atoms with E-state index in [1.54, 1.807) is 3.58 Å². The van der Waals surface area contributed by atoms with Gasteiger partial charge >= 0.3 is 195 Å². The zero-order valence-corrected chi connectivity index (χ0v) is 23.2. The van der Waals surface area contributed by atoms with Gasteiger partial charge in [0.05, 0.1) is 0 Å². The van der Waals surface area contributed by atoms with Gasteiger partial charge in [-0.15, -0.1) is 0 Å². The van der Waals surface area contributed by atoms with Gasteiger partial charge in [-0.3, -0.25) is 0 Å². The van der Waals surface area contributed by atoms with E-state index in [4.69, 9.17) is 9.47 Å². The second kappa shape index (κ2) is 12.1. The third-order valence-corrected chi connectivity index (χ3v) is 23.6. The van der Waals surface area contributed by atoms with Crippen LogP contribution in [0.4, 0.5) is 0 Å². The Kier molecular flexibility index (Phi) is 9.76. The van der Waals surface area contributed by atoms with E-state index in [0.717, 1.165) is 19.3 Å². The van der Waals surface area contributed by atoms with E-state index >= 15 is 0 Å². The number of hydrogen-bond acceptors (Lipinski definition) is 3. The van der Waals surface area contributed by atoms with Crippen molar-refractivity contribution in [3.05, 3.63) is 29.8 Å². The Morgan fingerprint density at radius 1 is 0.968 bits per heavy atom. The zero-order valence-electron chi connectivity index (χ0n) is 20.3. The molecule has 3 rings (SSSR count). The topological polar surface area (TPSA) is 35.5 Å². The Morgan fingerprint density at radius 3 is 2.06 bits per heavy atom. The van der Waals surface area contributed by atoms with Gasteiger partial charge < -0.3 is 0 Å². The second-order valence-electron chi connectivity index (χ2n) is 9.98. The van der Waals surface area contributed by atoms with Crippen LogP contribution in [0.5, 0.6) is 0 Å². The molecule has 1 aromatic rings. The molecule has 2 aliphatic rings. The van der Waals surface area contributed by atoms with Gasteiger partial charge in [-0.2, -0.15) is 0 Å². The standard InChI is InChI=1S/C15H17O3.3C4H9.Sn/c1-17-15(16)14-12(10-5-3-2-4-6-10)9-11-7-8-13(14)18-11;3*1-3-4-2;/h3-6,11-14H,7-9H2,1H3;3*1,3-4H2,2H3;/t11?,12-,13+,14-;;;;/m0..../s1. The fourth-order valence-corrected chi connectivity index (χ4v) is 22.0. The number of benzene rings is 1. The second-order valence-corrected chi connectivity index (χ2v) is 23.2. The number of esters is 1. The molecule has 0 aliphatic carbocycles. The summed E-state index contributed by atoms with van der Waals surface area (Å²) >= 11 is -2.40. The van der Waals surface area contributed by atoms with Crippen LogP contribution in [0.25, 0.3) is 0 Å². The first-order valence-corrected chi connectivity index (χ1v) is 20.4. The fraction of sp³-hybridized carbons (Fsp3) is 0.741. The summed E-state index contributed by atoms with van der Waals surface area (Å²) in [6.45, 7) is 7.02. The molecule has 2 saturated heterocycles. The van der Waals surface area contributed by atoms with Gasteiger partial charge in [-0.1, -0.05) is 0 Å². The number of hydrogen-bond donors (Lipinski definition) is 0. The summed E-state index contributed by atoms with van der Waals surface area (Å²) in [5.74, 6) is -0.00999. The summed E-state index contributed by atoms with van der Waals surface area (Å²) in [5.41, 5.74) is 1.32. The molecule has 4 heteroatoms. The molecule has 2 bridgehead atoms. The van der Waals surface area contributed by atoms with E-state index in [-0.39, 0.29) is 23.9 Å². The molecule has 1 unspecified atom stereocenters. The van der Waals surface area contributed by atoms with Crippen molar-refractivity contribution in [2.75, 3.05) is 7.11 Å². The number of carbonyl (C=O) groups excluding carboxylic acids is 1. The van der Waals surface area contributed by atoms with E-state index in [0.29, 0.717) is 6.10 Å². The maximum absolute atomic E-state index is 12.6. The normalized spacial score (nSPS) is 25.5. The predicted octanol–water partition coefficient (Wildman–Crippen LogP) is 6.57. The van der Waals surface area contributed by atoms with Crippen LogP contribution in [-0.2, 0) is 14.3 Å². The van der Waals surface area contributed by atoms with E-state index in [9.17, 15) is 4.79 Å². The molecule has 0 radical (unpaired) electrons. The SMILES string of the molecule is CCC[CH2][Sn]([CH2]CCC)([CH2]CCC)[c]1ccc([C@@H]2CC3CC[C@@H](O3)[C@H]2C(=O)OC)cc1. The Balaban J connectivity index is 1.88. The van der Waals surface area contributed by atoms with Crippen molar-refractivity contribution in [1.29, 1.82) is 0 Å². The minimum atomic E-state index is -2.40. The Labute approximate surface area is 194 Å². The number of methoxy groups -OCH3 is 1. The summed E-state index contributed by atoms with van der Waals surface area (Å²) in [5, 5.41) is 0. The molecule has 0 aromatic heterocycles. The zero-order chi connectivity index (χ0) is 22.3. The number of unbranched alkanes of at least 4 members (excludes halogenated alkanes) is 3. The Hall–Kier alpha value is -0.551. The van der Waals surface area contributed by atoms with Gasteiger partial charge in [0.2, 0.25) is 0 Å². The van der Waals surface area contributed by atoms with Crippen LogP contribution in [0.2, 0.25) is 13.3 Å². The van der Waals surface area contributed by atoms with Crippen molar-refractivity contribution in [1.82, 2.24) is 0 Å². The summed E-state index contributed by atoms with van der Waals surface area (Å²) in [6, 6.07) is 9.71. The molecule has 0 amide bonds. The summed E-state index contributed by atoms with van der Waals surface area (Å²) < 4.78 is 17.5. The van der Waals surface area contributed by atoms with Crippen LogP contribution in [-0.4, -0.2) is 43.7 Å². The van der Waals surface area contributed by atoms with Crippen LogP contribution in [0.15, 0.2) is 24.3 Å². The molecule has 31 heavy (non-hydrogen) atoms. The van der Waals surface area contributed by atoms with Crippen molar-refractivity contribution >= 4 is 27.9 Å². The van der Waals surface area contributed by atoms with Crippen molar-refractivity contribution in [2.45, 2.75) is 110 Å². The molecule has 0 N–H and O–H groups in total. The quantitative estimate of drug-likeness (QED) is 0.225. The maximum atomic E-state index is 12.6. The van der Waals surface area contributed by atoms with E-state index in [1.165, 1.54) is 64.5 Å². The van der Waals surface area contributed by atoms with Crippen molar-refractivity contribution in [2.24, 2.45) is 5.92 Å². The molecule has 2 aliphatic heterocycles.